The van der Waals surface area contributed by atoms with Crippen LogP contribution in [0.15, 0.2) is 47.4 Å². The Balaban J connectivity index is 1.91. The molecule has 0 amide bonds. The molecule has 2 aromatic rings. The number of nitriles is 1. The van der Waals surface area contributed by atoms with Gasteiger partial charge in [-0.25, -0.2) is 13.2 Å². The van der Waals surface area contributed by atoms with Crippen LogP contribution in [0.3, 0.4) is 0 Å². The minimum absolute atomic E-state index is 0.0325. The van der Waals surface area contributed by atoms with Crippen LogP contribution < -0.4 is 14.4 Å². The molecule has 2 aromatic carbocycles. The Bertz CT molecular complexity index is 1270. The van der Waals surface area contributed by atoms with E-state index in [2.05, 4.69) is 9.62 Å². The van der Waals surface area contributed by atoms with E-state index in [1.165, 1.54) is 18.2 Å². The smallest absolute Gasteiger partial charge is 0.335 e. The lowest BCUT2D eigenvalue weighted by molar-refractivity contribution is 0.0696. The van der Waals surface area contributed by atoms with Crippen LogP contribution in [0.5, 0.6) is 5.75 Å². The maximum atomic E-state index is 13.4. The average Bonchev–Trinajstić information content (AvgIpc) is 2.80. The van der Waals surface area contributed by atoms with Crippen molar-refractivity contribution < 1.29 is 23.1 Å². The summed E-state index contributed by atoms with van der Waals surface area (Å²) >= 11 is 6.33. The number of halogens is 1. The van der Waals surface area contributed by atoms with Crippen molar-refractivity contribution in [1.29, 1.82) is 5.26 Å². The minimum atomic E-state index is -4.27. The van der Waals surface area contributed by atoms with Crippen LogP contribution in [-0.4, -0.2) is 38.7 Å². The molecule has 0 spiro atoms. The van der Waals surface area contributed by atoms with E-state index in [0.29, 0.717) is 12.2 Å². The van der Waals surface area contributed by atoms with Crippen molar-refractivity contribution in [1.82, 2.24) is 0 Å². The zero-order valence-corrected chi connectivity index (χ0v) is 19.2. The van der Waals surface area contributed by atoms with Gasteiger partial charge in [-0.05, 0) is 56.0 Å². The highest BCUT2D eigenvalue weighted by Crippen LogP contribution is 2.38. The van der Waals surface area contributed by atoms with E-state index in [-0.39, 0.29) is 45.1 Å². The maximum absolute atomic E-state index is 13.4. The molecule has 0 aromatic heterocycles. The van der Waals surface area contributed by atoms with Crippen molar-refractivity contribution in [3.05, 3.63) is 58.6 Å². The van der Waals surface area contributed by atoms with E-state index >= 15 is 0 Å². The predicted molar refractivity (Wildman–Crippen MR) is 125 cm³/mol. The standard InChI is InChI=1S/C23H22ClN3O5S/c24-18-13-20-19(11-16(18)14-25)26-33(30,31)22-12-15(23(28)29)7-8-21(22)32-10-4-2-6-17-5-1-3-9-27(17)20/h2,4,7-8,11-13,17,26H,1,3,5-6,9-10H2,(H,28,29)/b4-2+/t17-/m0/s1. The molecule has 8 nitrogen and oxygen atoms in total. The number of nitrogens with zero attached hydrogens (tertiary/aromatic N) is 2. The number of carbonyl (C=O) groups is 1. The Morgan fingerprint density at radius 2 is 2.06 bits per heavy atom. The highest BCUT2D eigenvalue weighted by Gasteiger charge is 2.28. The Kier molecular flexibility index (Phi) is 6.49. The number of benzene rings is 2. The quantitative estimate of drug-likeness (QED) is 0.571. The molecule has 33 heavy (non-hydrogen) atoms. The number of anilines is 2. The zero-order valence-electron chi connectivity index (χ0n) is 17.6. The molecule has 2 aliphatic rings. The SMILES string of the molecule is N#Cc1cc2c(cc1Cl)N1CCCC[C@H]1C/C=C/COc1ccc(C(=O)O)cc1S(=O)(=O)N2. The molecule has 4 rings (SSSR count). The summed E-state index contributed by atoms with van der Waals surface area (Å²) in [5.41, 5.74) is 0.730. The number of fused-ring (bicyclic) bond motifs is 4. The van der Waals surface area contributed by atoms with Crippen molar-refractivity contribution in [2.75, 3.05) is 22.8 Å². The van der Waals surface area contributed by atoms with Gasteiger partial charge in [0.1, 0.15) is 23.3 Å². The predicted octanol–water partition coefficient (Wildman–Crippen LogP) is 4.41. The summed E-state index contributed by atoms with van der Waals surface area (Å²) in [5, 5.41) is 19.1. The normalized spacial score (nSPS) is 20.6. The molecule has 0 unspecified atom stereocenters. The van der Waals surface area contributed by atoms with Crippen LogP contribution in [0.25, 0.3) is 0 Å². The molecule has 0 bridgehead atoms. The van der Waals surface area contributed by atoms with Crippen LogP contribution in [-0.2, 0) is 10.0 Å². The number of carboxylic acid groups (broad SMARTS) is 1. The number of aromatic carboxylic acids is 1. The van der Waals surface area contributed by atoms with Gasteiger partial charge in [-0.2, -0.15) is 5.26 Å². The lowest BCUT2D eigenvalue weighted by atomic mass is 9.97. The number of piperidine rings is 1. The van der Waals surface area contributed by atoms with Gasteiger partial charge in [0.25, 0.3) is 10.0 Å². The summed E-state index contributed by atoms with van der Waals surface area (Å²) in [6.07, 6.45) is 7.48. The van der Waals surface area contributed by atoms with Gasteiger partial charge in [0.15, 0.2) is 0 Å². The van der Waals surface area contributed by atoms with Crippen LogP contribution in [0, 0.1) is 11.3 Å². The molecule has 2 heterocycles. The second-order valence-electron chi connectivity index (χ2n) is 7.89. The van der Waals surface area contributed by atoms with E-state index in [1.807, 2.05) is 18.2 Å². The number of sulfonamides is 1. The Morgan fingerprint density at radius 1 is 1.24 bits per heavy atom. The summed E-state index contributed by atoms with van der Waals surface area (Å²) in [4.78, 5) is 13.3. The summed E-state index contributed by atoms with van der Waals surface area (Å²) in [6, 6.07) is 8.83. The Morgan fingerprint density at radius 3 is 2.82 bits per heavy atom. The topological polar surface area (TPSA) is 120 Å². The third-order valence-corrected chi connectivity index (χ3v) is 7.48. The van der Waals surface area contributed by atoms with Crippen molar-refractivity contribution in [2.24, 2.45) is 0 Å². The highest BCUT2D eigenvalue weighted by molar-refractivity contribution is 7.92. The number of hydrogen-bond donors (Lipinski definition) is 2. The number of nitrogens with one attached hydrogen (secondary N) is 1. The fourth-order valence-corrected chi connectivity index (χ4v) is 5.60. The first kappa shape index (κ1) is 23.0. The van der Waals surface area contributed by atoms with Gasteiger partial charge >= 0.3 is 5.97 Å². The molecule has 0 radical (unpaired) electrons. The summed E-state index contributed by atoms with van der Waals surface area (Å²) in [5.74, 6) is -1.23. The first-order valence-electron chi connectivity index (χ1n) is 10.5. The number of carboxylic acids is 1. The van der Waals surface area contributed by atoms with Crippen molar-refractivity contribution in [3.63, 3.8) is 0 Å². The van der Waals surface area contributed by atoms with Crippen LogP contribution >= 0.6 is 11.6 Å². The molecule has 1 saturated heterocycles. The highest BCUT2D eigenvalue weighted by atomic mass is 35.5. The number of ether oxygens (including phenoxy) is 1. The van der Waals surface area contributed by atoms with Gasteiger partial charge in [0.05, 0.1) is 27.5 Å². The van der Waals surface area contributed by atoms with Crippen molar-refractivity contribution >= 4 is 39.0 Å². The summed E-state index contributed by atoms with van der Waals surface area (Å²) < 4.78 is 35.1. The van der Waals surface area contributed by atoms with Gasteiger partial charge in [-0.3, -0.25) is 4.72 Å². The molecule has 10 heteroatoms. The molecule has 0 saturated carbocycles. The molecule has 0 aliphatic carbocycles. The maximum Gasteiger partial charge on any atom is 0.335 e. The summed E-state index contributed by atoms with van der Waals surface area (Å²) in [6.45, 7) is 0.852. The number of rotatable bonds is 1. The van der Waals surface area contributed by atoms with Crippen LogP contribution in [0.2, 0.25) is 5.02 Å². The van der Waals surface area contributed by atoms with E-state index in [4.69, 9.17) is 16.3 Å². The lowest BCUT2D eigenvalue weighted by Crippen LogP contribution is -2.39. The van der Waals surface area contributed by atoms with Gasteiger partial charge in [-0.1, -0.05) is 23.8 Å². The van der Waals surface area contributed by atoms with E-state index in [1.54, 1.807) is 6.07 Å². The van der Waals surface area contributed by atoms with Crippen molar-refractivity contribution in [2.45, 2.75) is 36.6 Å². The molecule has 172 valence electrons. The second kappa shape index (κ2) is 9.33. The molecule has 1 atom stereocenters. The van der Waals surface area contributed by atoms with Crippen LogP contribution in [0.1, 0.15) is 41.6 Å². The molecule has 1 fully saturated rings. The molecule has 2 aliphatic heterocycles. The van der Waals surface area contributed by atoms with Gasteiger partial charge in [0.2, 0.25) is 0 Å². The largest absolute Gasteiger partial charge is 0.488 e. The average molecular weight is 488 g/mol. The molecule has 2 N–H and O–H groups in total. The third-order valence-electron chi connectivity index (χ3n) is 5.78. The first-order chi connectivity index (χ1) is 15.8. The first-order valence-corrected chi connectivity index (χ1v) is 12.3. The van der Waals surface area contributed by atoms with Gasteiger partial charge in [0, 0.05) is 12.6 Å². The van der Waals surface area contributed by atoms with E-state index < -0.39 is 16.0 Å². The fourth-order valence-electron chi connectivity index (χ4n) is 4.16. The second-order valence-corrected chi connectivity index (χ2v) is 9.95. The third kappa shape index (κ3) is 4.77. The zero-order chi connectivity index (χ0) is 23.6. The minimum Gasteiger partial charge on any atom is -0.488 e. The molecular weight excluding hydrogens is 466 g/mol. The van der Waals surface area contributed by atoms with E-state index in [9.17, 15) is 23.6 Å². The summed E-state index contributed by atoms with van der Waals surface area (Å²) in [7, 11) is -4.27. The number of hydrogen-bond acceptors (Lipinski definition) is 6. The monoisotopic (exact) mass is 487 g/mol. The van der Waals surface area contributed by atoms with Gasteiger partial charge in [-0.15, -0.1) is 0 Å². The van der Waals surface area contributed by atoms with E-state index in [0.717, 1.165) is 31.7 Å². The molecular formula is C23H22ClN3O5S. The van der Waals surface area contributed by atoms with Gasteiger partial charge < -0.3 is 14.7 Å². The van der Waals surface area contributed by atoms with Crippen molar-refractivity contribution in [3.8, 4) is 11.8 Å². The van der Waals surface area contributed by atoms with Crippen LogP contribution in [0.4, 0.5) is 11.4 Å². The lowest BCUT2D eigenvalue weighted by Gasteiger charge is -2.38. The Labute approximate surface area is 197 Å². The fraction of sp³-hybridized carbons (Fsp3) is 0.304. The Hall–Kier alpha value is -3.22.